The minimum Gasteiger partial charge on any atom is -0.380 e. The number of hydrogen-bond donors (Lipinski definition) is 1. The summed E-state index contributed by atoms with van der Waals surface area (Å²) in [6, 6.07) is 10.7. The first kappa shape index (κ1) is 14.1. The Morgan fingerprint density at radius 1 is 1.28 bits per heavy atom. The van der Waals surface area contributed by atoms with Gasteiger partial charge in [0.25, 0.3) is 0 Å². The van der Waals surface area contributed by atoms with Gasteiger partial charge in [-0.15, -0.1) is 0 Å². The lowest BCUT2D eigenvalue weighted by Gasteiger charge is -2.09. The molecular weight excluding hydrogens is 431 g/mol. The molecule has 0 heterocycles. The van der Waals surface area contributed by atoms with Crippen molar-refractivity contribution < 1.29 is 4.39 Å². The zero-order valence-electron chi connectivity index (χ0n) is 9.18. The standard InChI is InChI=1S/C13H9BrClFIN/c14-9-6-8(4-5-10(9)15)7-18-12-3-1-2-11(16)13(12)17/h1-6,18H,7H2. The van der Waals surface area contributed by atoms with Crippen molar-refractivity contribution in [2.45, 2.75) is 6.54 Å². The van der Waals surface area contributed by atoms with E-state index in [2.05, 4.69) is 21.2 Å². The molecule has 0 atom stereocenters. The van der Waals surface area contributed by atoms with Gasteiger partial charge in [0, 0.05) is 11.0 Å². The number of benzene rings is 2. The summed E-state index contributed by atoms with van der Waals surface area (Å²) in [6.45, 7) is 0.620. The third kappa shape index (κ3) is 3.36. The average Bonchev–Trinajstić information content (AvgIpc) is 2.35. The topological polar surface area (TPSA) is 12.0 Å². The molecule has 1 nitrogen and oxygen atoms in total. The van der Waals surface area contributed by atoms with Crippen LogP contribution in [0.15, 0.2) is 40.9 Å². The van der Waals surface area contributed by atoms with E-state index in [0.29, 0.717) is 15.1 Å². The maximum Gasteiger partial charge on any atom is 0.138 e. The highest BCUT2D eigenvalue weighted by atomic mass is 127. The molecule has 0 aliphatic rings. The number of anilines is 1. The van der Waals surface area contributed by atoms with Crippen molar-refractivity contribution in [2.75, 3.05) is 5.32 Å². The van der Waals surface area contributed by atoms with E-state index < -0.39 is 0 Å². The Hall–Kier alpha value is -0.330. The highest BCUT2D eigenvalue weighted by molar-refractivity contribution is 14.1. The summed E-state index contributed by atoms with van der Waals surface area (Å²) < 4.78 is 14.8. The summed E-state index contributed by atoms with van der Waals surface area (Å²) in [6.07, 6.45) is 0. The Morgan fingerprint density at radius 3 is 2.78 bits per heavy atom. The van der Waals surface area contributed by atoms with Crippen LogP contribution in [0, 0.1) is 9.39 Å². The quantitative estimate of drug-likeness (QED) is 0.625. The van der Waals surface area contributed by atoms with Crippen molar-refractivity contribution in [3.63, 3.8) is 0 Å². The van der Waals surface area contributed by atoms with Gasteiger partial charge in [0.2, 0.25) is 0 Å². The van der Waals surface area contributed by atoms with Crippen molar-refractivity contribution in [1.29, 1.82) is 0 Å². The molecule has 0 fully saturated rings. The second kappa shape index (κ2) is 6.21. The van der Waals surface area contributed by atoms with Crippen molar-refractivity contribution in [3.05, 3.63) is 60.8 Å². The number of nitrogens with one attached hydrogen (secondary N) is 1. The van der Waals surface area contributed by atoms with E-state index >= 15 is 0 Å². The van der Waals surface area contributed by atoms with Crippen molar-refractivity contribution in [3.8, 4) is 0 Å². The molecule has 0 bridgehead atoms. The van der Waals surface area contributed by atoms with Gasteiger partial charge in [-0.25, -0.2) is 4.39 Å². The Balaban J connectivity index is 2.11. The van der Waals surface area contributed by atoms with Crippen LogP contribution < -0.4 is 5.32 Å². The summed E-state index contributed by atoms with van der Waals surface area (Å²) in [5, 5.41) is 3.89. The van der Waals surface area contributed by atoms with E-state index in [9.17, 15) is 4.39 Å². The minimum absolute atomic E-state index is 0.210. The smallest absolute Gasteiger partial charge is 0.138 e. The molecule has 2 aromatic rings. The van der Waals surface area contributed by atoms with Gasteiger partial charge in [-0.05, 0) is 68.3 Å². The number of halogens is 4. The largest absolute Gasteiger partial charge is 0.380 e. The summed E-state index contributed by atoms with van der Waals surface area (Å²) >= 11 is 11.3. The molecule has 0 saturated heterocycles. The molecule has 0 spiro atoms. The zero-order valence-corrected chi connectivity index (χ0v) is 13.7. The van der Waals surface area contributed by atoms with Crippen LogP contribution in [0.1, 0.15) is 5.56 Å². The fourth-order valence-electron chi connectivity index (χ4n) is 1.49. The third-order valence-electron chi connectivity index (χ3n) is 2.42. The molecule has 0 aliphatic heterocycles. The molecule has 0 radical (unpaired) electrons. The van der Waals surface area contributed by atoms with Crippen LogP contribution in [0.25, 0.3) is 0 Å². The average molecular weight is 440 g/mol. The molecule has 0 aromatic heterocycles. The molecule has 0 saturated carbocycles. The molecule has 18 heavy (non-hydrogen) atoms. The Kier molecular flexibility index (Phi) is 4.86. The summed E-state index contributed by atoms with van der Waals surface area (Å²) in [5.74, 6) is -0.210. The van der Waals surface area contributed by atoms with E-state index in [1.54, 1.807) is 6.07 Å². The van der Waals surface area contributed by atoms with E-state index in [-0.39, 0.29) is 5.82 Å². The molecule has 0 unspecified atom stereocenters. The maximum atomic E-state index is 13.3. The van der Waals surface area contributed by atoms with Gasteiger partial charge in [-0.3, -0.25) is 0 Å². The minimum atomic E-state index is -0.210. The number of hydrogen-bond acceptors (Lipinski definition) is 1. The molecule has 2 aromatic carbocycles. The van der Waals surface area contributed by atoms with Crippen molar-refractivity contribution in [2.24, 2.45) is 0 Å². The molecule has 0 aliphatic carbocycles. The van der Waals surface area contributed by atoms with Crippen LogP contribution in [-0.4, -0.2) is 0 Å². The molecule has 94 valence electrons. The Bertz CT molecular complexity index is 577. The first-order valence-corrected chi connectivity index (χ1v) is 7.44. The number of rotatable bonds is 3. The SMILES string of the molecule is Fc1cccc(NCc2ccc(Cl)c(Br)c2)c1I. The summed E-state index contributed by atoms with van der Waals surface area (Å²) in [5.41, 5.74) is 1.87. The summed E-state index contributed by atoms with van der Waals surface area (Å²) in [7, 11) is 0. The van der Waals surface area contributed by atoms with Crippen molar-refractivity contribution in [1.82, 2.24) is 0 Å². The van der Waals surface area contributed by atoms with Crippen molar-refractivity contribution >= 4 is 55.8 Å². The molecule has 2 rings (SSSR count). The maximum absolute atomic E-state index is 13.3. The van der Waals surface area contributed by atoms with E-state index in [1.807, 2.05) is 46.9 Å². The fraction of sp³-hybridized carbons (Fsp3) is 0.0769. The van der Waals surface area contributed by atoms with Gasteiger partial charge < -0.3 is 5.32 Å². The predicted molar refractivity (Wildman–Crippen MR) is 85.6 cm³/mol. The van der Waals surface area contributed by atoms with Crippen LogP contribution in [0.2, 0.25) is 5.02 Å². The first-order valence-electron chi connectivity index (χ1n) is 5.20. The van der Waals surface area contributed by atoms with Gasteiger partial charge in [0.1, 0.15) is 5.82 Å². The van der Waals surface area contributed by atoms with E-state index in [4.69, 9.17) is 11.6 Å². The highest BCUT2D eigenvalue weighted by Gasteiger charge is 2.05. The highest BCUT2D eigenvalue weighted by Crippen LogP contribution is 2.25. The molecule has 0 amide bonds. The van der Waals surface area contributed by atoms with Gasteiger partial charge in [-0.1, -0.05) is 23.7 Å². The third-order valence-corrected chi connectivity index (χ3v) is 4.73. The summed E-state index contributed by atoms with van der Waals surface area (Å²) in [4.78, 5) is 0. The van der Waals surface area contributed by atoms with Crippen LogP contribution in [0.4, 0.5) is 10.1 Å². The lowest BCUT2D eigenvalue weighted by atomic mass is 10.2. The van der Waals surface area contributed by atoms with Crippen LogP contribution in [0.5, 0.6) is 0 Å². The monoisotopic (exact) mass is 439 g/mol. The van der Waals surface area contributed by atoms with Crippen LogP contribution >= 0.6 is 50.1 Å². The van der Waals surface area contributed by atoms with Crippen LogP contribution in [-0.2, 0) is 6.54 Å². The molecular formula is C13H9BrClFIN. The Labute approximate surface area is 132 Å². The van der Waals surface area contributed by atoms with Crippen LogP contribution in [0.3, 0.4) is 0 Å². The van der Waals surface area contributed by atoms with E-state index in [0.717, 1.165) is 15.7 Å². The Morgan fingerprint density at radius 2 is 2.06 bits per heavy atom. The van der Waals surface area contributed by atoms with Gasteiger partial charge in [0.15, 0.2) is 0 Å². The zero-order chi connectivity index (χ0) is 13.1. The second-order valence-corrected chi connectivity index (χ2v) is 6.04. The first-order chi connectivity index (χ1) is 8.58. The van der Waals surface area contributed by atoms with E-state index in [1.165, 1.54) is 6.07 Å². The molecule has 1 N–H and O–H groups in total. The van der Waals surface area contributed by atoms with Gasteiger partial charge in [-0.2, -0.15) is 0 Å². The normalized spacial score (nSPS) is 10.4. The molecule has 5 heteroatoms. The van der Waals surface area contributed by atoms with Gasteiger partial charge >= 0.3 is 0 Å². The lowest BCUT2D eigenvalue weighted by molar-refractivity contribution is 0.621. The second-order valence-electron chi connectivity index (χ2n) is 3.70. The fourth-order valence-corrected chi connectivity index (χ4v) is 2.58. The predicted octanol–water partition coefficient (Wildman–Crippen LogP) is 5.46. The lowest BCUT2D eigenvalue weighted by Crippen LogP contribution is -2.02. The van der Waals surface area contributed by atoms with Gasteiger partial charge in [0.05, 0.1) is 14.3 Å².